The summed E-state index contributed by atoms with van der Waals surface area (Å²) in [6.45, 7) is 11.5. The third-order valence-electron chi connectivity index (χ3n) is 10.5. The van der Waals surface area contributed by atoms with Gasteiger partial charge in [-0.25, -0.2) is 13.4 Å². The summed E-state index contributed by atoms with van der Waals surface area (Å²) < 4.78 is 39.9. The van der Waals surface area contributed by atoms with Crippen LogP contribution in [0.1, 0.15) is 86.0 Å². The van der Waals surface area contributed by atoms with Crippen molar-refractivity contribution in [2.75, 3.05) is 13.1 Å². The van der Waals surface area contributed by atoms with E-state index in [1.54, 1.807) is 13.1 Å². The first-order valence-electron chi connectivity index (χ1n) is 17.3. The van der Waals surface area contributed by atoms with Crippen molar-refractivity contribution in [3.05, 3.63) is 42.6 Å². The molecule has 0 bridgehead atoms. The van der Waals surface area contributed by atoms with Crippen LogP contribution in [-0.4, -0.2) is 71.7 Å². The molecule has 47 heavy (non-hydrogen) atoms. The maximum atomic E-state index is 14.1. The Bertz CT molecular complexity index is 1640. The van der Waals surface area contributed by atoms with E-state index in [-0.39, 0.29) is 24.0 Å². The quantitative estimate of drug-likeness (QED) is 0.390. The number of fused-ring (bicyclic) bond motifs is 3. The first-order valence-corrected chi connectivity index (χ1v) is 18.8. The average molecular weight is 667 g/mol. The van der Waals surface area contributed by atoms with E-state index in [2.05, 4.69) is 39.8 Å². The fraction of sp³-hybridized carbons (Fsp3) is 0.639. The van der Waals surface area contributed by atoms with Crippen molar-refractivity contribution in [2.24, 2.45) is 17.8 Å². The standard InChI is InChI=1S/C36H50N4O6S/c1-23(2)45-28-10-11-30-26(19-28)12-16-37-33(30)46-29-20-31-32(41)38-36(34(42)39-47(43,44)35(5)14-15-35)21-27(36)9-7-6-8-24(3)18-25(4)13-17-40(31)22-29/h7,9-12,16,19,23-25,27,29,31H,6,8,13-15,17-18,20-22H2,1-5H3,(H,38,41)(H,39,42)/b9-7-. The number of aromatic nitrogens is 1. The molecule has 256 valence electrons. The number of carbonyl (C=O) groups excluding carboxylic acids is 2. The van der Waals surface area contributed by atoms with E-state index < -0.39 is 32.3 Å². The van der Waals surface area contributed by atoms with Crippen molar-refractivity contribution in [2.45, 2.75) is 115 Å². The van der Waals surface area contributed by atoms with Gasteiger partial charge in [-0.1, -0.05) is 26.0 Å². The predicted octanol–water partition coefficient (Wildman–Crippen LogP) is 5.12. The minimum Gasteiger partial charge on any atom is -0.491 e. The van der Waals surface area contributed by atoms with Gasteiger partial charge in [0.2, 0.25) is 21.8 Å². The van der Waals surface area contributed by atoms with Crippen LogP contribution in [0.15, 0.2) is 42.6 Å². The van der Waals surface area contributed by atoms with Crippen LogP contribution < -0.4 is 19.5 Å². The van der Waals surface area contributed by atoms with Crippen LogP contribution in [0.4, 0.5) is 0 Å². The summed E-state index contributed by atoms with van der Waals surface area (Å²) in [6, 6.07) is 7.26. The van der Waals surface area contributed by atoms with Crippen molar-refractivity contribution in [1.82, 2.24) is 19.9 Å². The van der Waals surface area contributed by atoms with E-state index in [0.717, 1.165) is 48.8 Å². The Hall–Kier alpha value is -3.18. The number of carbonyl (C=O) groups is 2. The van der Waals surface area contributed by atoms with Gasteiger partial charge in [-0.2, -0.15) is 0 Å². The van der Waals surface area contributed by atoms with Crippen LogP contribution in [0.3, 0.4) is 0 Å². The summed E-state index contributed by atoms with van der Waals surface area (Å²) in [6.07, 6.45) is 11.4. The summed E-state index contributed by atoms with van der Waals surface area (Å²) in [4.78, 5) is 34.6. The molecule has 6 unspecified atom stereocenters. The molecular formula is C36H50N4O6S. The number of allylic oxidation sites excluding steroid dienone is 1. The number of rotatable bonds is 7. The number of hydrogen-bond donors (Lipinski definition) is 2. The number of amides is 2. The second-order valence-electron chi connectivity index (χ2n) is 15.0. The number of benzene rings is 1. The Kier molecular flexibility index (Phi) is 9.34. The van der Waals surface area contributed by atoms with Gasteiger partial charge >= 0.3 is 0 Å². The molecule has 6 rings (SSSR count). The first kappa shape index (κ1) is 33.7. The molecule has 10 nitrogen and oxygen atoms in total. The number of nitrogens with zero attached hydrogens (tertiary/aromatic N) is 2. The molecule has 2 N–H and O–H groups in total. The van der Waals surface area contributed by atoms with Gasteiger partial charge in [-0.15, -0.1) is 0 Å². The van der Waals surface area contributed by atoms with Gasteiger partial charge < -0.3 is 14.8 Å². The maximum absolute atomic E-state index is 14.1. The highest BCUT2D eigenvalue weighted by Crippen LogP contribution is 2.47. The molecule has 1 saturated heterocycles. The van der Waals surface area contributed by atoms with Gasteiger partial charge in [0, 0.05) is 30.5 Å². The molecule has 3 fully saturated rings. The van der Waals surface area contributed by atoms with Gasteiger partial charge in [0.15, 0.2) is 0 Å². The minimum absolute atomic E-state index is 0.0596. The molecule has 2 aromatic rings. The Morgan fingerprint density at radius 3 is 2.64 bits per heavy atom. The summed E-state index contributed by atoms with van der Waals surface area (Å²) in [7, 11) is -3.85. The van der Waals surface area contributed by atoms with E-state index in [1.807, 2.05) is 44.2 Å². The summed E-state index contributed by atoms with van der Waals surface area (Å²) in [5, 5.41) is 4.89. The Morgan fingerprint density at radius 1 is 1.13 bits per heavy atom. The third kappa shape index (κ3) is 7.31. The molecule has 11 heteroatoms. The first-order chi connectivity index (χ1) is 22.3. The number of pyridine rings is 1. The highest BCUT2D eigenvalue weighted by atomic mass is 32.2. The van der Waals surface area contributed by atoms with E-state index in [1.165, 1.54) is 0 Å². The zero-order valence-electron chi connectivity index (χ0n) is 28.3. The SMILES string of the molecule is CC1CC/C=C\C2CC2(C(=O)NS(=O)(=O)C2(C)CC2)NC(=O)C2CC(Oc3nccc4cc(OC(C)C)ccc34)CN2CCC(C)C1. The number of nitrogens with one attached hydrogen (secondary N) is 2. The topological polar surface area (TPSA) is 127 Å². The van der Waals surface area contributed by atoms with Gasteiger partial charge in [0.05, 0.1) is 16.9 Å². The zero-order valence-corrected chi connectivity index (χ0v) is 29.1. The molecule has 2 amide bonds. The summed E-state index contributed by atoms with van der Waals surface area (Å²) in [5.74, 6) is 1.15. The lowest BCUT2D eigenvalue weighted by Gasteiger charge is -2.27. The Morgan fingerprint density at radius 2 is 1.89 bits per heavy atom. The molecule has 6 atom stereocenters. The molecular weight excluding hydrogens is 616 g/mol. The lowest BCUT2D eigenvalue weighted by atomic mass is 9.91. The normalized spacial score (nSPS) is 31.9. The number of sulfonamides is 1. The molecule has 0 radical (unpaired) electrons. The lowest BCUT2D eigenvalue weighted by Crippen LogP contribution is -2.56. The summed E-state index contributed by atoms with van der Waals surface area (Å²) >= 11 is 0. The van der Waals surface area contributed by atoms with Gasteiger partial charge in [0.25, 0.3) is 5.91 Å². The molecule has 0 spiro atoms. The van der Waals surface area contributed by atoms with Crippen LogP contribution in [-0.2, 0) is 19.6 Å². The second-order valence-corrected chi connectivity index (χ2v) is 17.2. The molecule has 1 aromatic carbocycles. The molecule has 2 saturated carbocycles. The molecule has 2 aliphatic heterocycles. The largest absolute Gasteiger partial charge is 0.491 e. The van der Waals surface area contributed by atoms with Crippen LogP contribution in [0.25, 0.3) is 10.8 Å². The predicted molar refractivity (Wildman–Crippen MR) is 182 cm³/mol. The van der Waals surface area contributed by atoms with Crippen molar-refractivity contribution < 1.29 is 27.5 Å². The van der Waals surface area contributed by atoms with Crippen molar-refractivity contribution in [3.8, 4) is 11.6 Å². The number of hydrogen-bond acceptors (Lipinski definition) is 8. The van der Waals surface area contributed by atoms with Crippen LogP contribution >= 0.6 is 0 Å². The highest BCUT2D eigenvalue weighted by Gasteiger charge is 2.63. The van der Waals surface area contributed by atoms with Gasteiger partial charge in [-0.05, 0) is 114 Å². The van der Waals surface area contributed by atoms with Crippen LogP contribution in [0.5, 0.6) is 11.6 Å². The minimum atomic E-state index is -3.85. The Balaban J connectivity index is 1.24. The average Bonchev–Trinajstić information content (AvgIpc) is 3.88. The summed E-state index contributed by atoms with van der Waals surface area (Å²) in [5.41, 5.74) is -1.29. The van der Waals surface area contributed by atoms with Gasteiger partial charge in [-0.3, -0.25) is 19.2 Å². The van der Waals surface area contributed by atoms with Crippen molar-refractivity contribution in [3.63, 3.8) is 0 Å². The highest BCUT2D eigenvalue weighted by molar-refractivity contribution is 7.91. The second kappa shape index (κ2) is 13.0. The molecule has 1 aromatic heterocycles. The third-order valence-corrected chi connectivity index (χ3v) is 12.7. The fourth-order valence-electron chi connectivity index (χ4n) is 7.21. The van der Waals surface area contributed by atoms with Gasteiger partial charge in [0.1, 0.15) is 17.4 Å². The number of ether oxygens (including phenoxy) is 2. The zero-order chi connectivity index (χ0) is 33.6. The smallest absolute Gasteiger partial charge is 0.259 e. The fourth-order valence-corrected chi connectivity index (χ4v) is 8.52. The maximum Gasteiger partial charge on any atom is 0.259 e. The molecule has 3 heterocycles. The van der Waals surface area contributed by atoms with Crippen LogP contribution in [0, 0.1) is 17.8 Å². The lowest BCUT2D eigenvalue weighted by molar-refractivity contribution is -0.132. The van der Waals surface area contributed by atoms with Crippen molar-refractivity contribution >= 4 is 32.6 Å². The van der Waals surface area contributed by atoms with E-state index >= 15 is 0 Å². The van der Waals surface area contributed by atoms with Crippen molar-refractivity contribution in [1.29, 1.82) is 0 Å². The van der Waals surface area contributed by atoms with E-state index in [0.29, 0.717) is 49.9 Å². The molecule has 2 aliphatic carbocycles. The van der Waals surface area contributed by atoms with E-state index in [4.69, 9.17) is 9.47 Å². The Labute approximate surface area is 279 Å². The molecule has 4 aliphatic rings. The monoisotopic (exact) mass is 666 g/mol. The van der Waals surface area contributed by atoms with Crippen LogP contribution in [0.2, 0.25) is 0 Å². The van der Waals surface area contributed by atoms with E-state index in [9.17, 15) is 18.0 Å².